The van der Waals surface area contributed by atoms with Gasteiger partial charge in [0.1, 0.15) is 12.7 Å². The van der Waals surface area contributed by atoms with Crippen LogP contribution >= 0.6 is 0 Å². The van der Waals surface area contributed by atoms with E-state index in [1.807, 2.05) is 0 Å². The molecule has 96 valence electrons. The summed E-state index contributed by atoms with van der Waals surface area (Å²) in [5.74, 6) is 0.740. The average molecular weight is 250 g/mol. The Balaban J connectivity index is 2.32. The van der Waals surface area contributed by atoms with Crippen LogP contribution in [0, 0.1) is 0 Å². The van der Waals surface area contributed by atoms with E-state index in [1.54, 1.807) is 18.9 Å². The Bertz CT molecular complexity index is 511. The number of anilines is 2. The molecule has 0 aliphatic carbocycles. The highest BCUT2D eigenvalue weighted by atomic mass is 16.3. The number of hydrogen-bond acceptors (Lipinski definition) is 8. The zero-order chi connectivity index (χ0) is 13.1. The second kappa shape index (κ2) is 4.92. The van der Waals surface area contributed by atoms with Crippen LogP contribution < -0.4 is 10.6 Å². The molecule has 0 aromatic carbocycles. The summed E-state index contributed by atoms with van der Waals surface area (Å²) in [6.07, 6.45) is 2.34. The first-order valence-electron chi connectivity index (χ1n) is 5.32. The quantitative estimate of drug-likeness (QED) is 0.698. The standard InChI is InChI=1S/C9H14N8O/c1-6(18)3-16(2)8-13-7(10)14-9(15-8)17-5-11-4-12-17/h4-6,18H,3H2,1-2H3,(H2,10,13,14,15). The zero-order valence-corrected chi connectivity index (χ0v) is 10.1. The molecule has 0 saturated heterocycles. The first-order chi connectivity index (χ1) is 8.56. The van der Waals surface area contributed by atoms with Gasteiger partial charge in [-0.3, -0.25) is 0 Å². The number of rotatable bonds is 4. The van der Waals surface area contributed by atoms with Gasteiger partial charge in [0.05, 0.1) is 6.10 Å². The van der Waals surface area contributed by atoms with Crippen LogP contribution in [0.1, 0.15) is 6.92 Å². The van der Waals surface area contributed by atoms with Crippen LogP contribution in [0.3, 0.4) is 0 Å². The van der Waals surface area contributed by atoms with Crippen LogP contribution in [0.25, 0.3) is 5.95 Å². The first kappa shape index (κ1) is 12.2. The summed E-state index contributed by atoms with van der Waals surface area (Å²) >= 11 is 0. The summed E-state index contributed by atoms with van der Waals surface area (Å²) < 4.78 is 1.39. The number of nitrogens with zero attached hydrogens (tertiary/aromatic N) is 7. The molecule has 2 aromatic heterocycles. The van der Waals surface area contributed by atoms with Gasteiger partial charge in [0, 0.05) is 13.6 Å². The summed E-state index contributed by atoms with van der Waals surface area (Å²) in [5.41, 5.74) is 5.62. The van der Waals surface area contributed by atoms with Crippen molar-refractivity contribution >= 4 is 11.9 Å². The Kier molecular flexibility index (Phi) is 3.33. The van der Waals surface area contributed by atoms with E-state index in [2.05, 4.69) is 25.0 Å². The highest BCUT2D eigenvalue weighted by Crippen LogP contribution is 2.09. The third-order valence-corrected chi connectivity index (χ3v) is 2.13. The highest BCUT2D eigenvalue weighted by Gasteiger charge is 2.12. The lowest BCUT2D eigenvalue weighted by Crippen LogP contribution is -2.29. The molecule has 0 amide bonds. The molecule has 2 heterocycles. The Morgan fingerprint density at radius 2 is 2.22 bits per heavy atom. The molecule has 9 nitrogen and oxygen atoms in total. The first-order valence-corrected chi connectivity index (χ1v) is 5.32. The van der Waals surface area contributed by atoms with E-state index >= 15 is 0 Å². The topological polar surface area (TPSA) is 119 Å². The van der Waals surface area contributed by atoms with Gasteiger partial charge in [0.2, 0.25) is 11.9 Å². The summed E-state index contributed by atoms with van der Waals surface area (Å²) in [7, 11) is 1.76. The van der Waals surface area contributed by atoms with E-state index in [-0.39, 0.29) is 11.9 Å². The number of aliphatic hydroxyl groups is 1. The van der Waals surface area contributed by atoms with Crippen molar-refractivity contribution in [2.45, 2.75) is 13.0 Å². The molecule has 0 spiro atoms. The molecule has 0 aliphatic heterocycles. The van der Waals surface area contributed by atoms with Crippen LogP contribution in [0.4, 0.5) is 11.9 Å². The van der Waals surface area contributed by atoms with E-state index in [9.17, 15) is 5.11 Å². The molecule has 3 N–H and O–H groups in total. The second-order valence-electron chi connectivity index (χ2n) is 3.86. The van der Waals surface area contributed by atoms with Gasteiger partial charge in [-0.1, -0.05) is 0 Å². The maximum Gasteiger partial charge on any atom is 0.258 e. The van der Waals surface area contributed by atoms with Crippen LogP contribution in [0.2, 0.25) is 0 Å². The molecule has 0 saturated carbocycles. The second-order valence-corrected chi connectivity index (χ2v) is 3.86. The molecule has 1 atom stereocenters. The summed E-state index contributed by atoms with van der Waals surface area (Å²) in [4.78, 5) is 17.7. The lowest BCUT2D eigenvalue weighted by molar-refractivity contribution is 0.201. The van der Waals surface area contributed by atoms with Crippen molar-refractivity contribution in [1.82, 2.24) is 29.7 Å². The van der Waals surface area contributed by atoms with Crippen molar-refractivity contribution in [2.75, 3.05) is 24.2 Å². The monoisotopic (exact) mass is 250 g/mol. The van der Waals surface area contributed by atoms with Crippen molar-refractivity contribution in [2.24, 2.45) is 0 Å². The van der Waals surface area contributed by atoms with Crippen LogP contribution in [-0.4, -0.2) is 54.5 Å². The lowest BCUT2D eigenvalue weighted by atomic mass is 10.4. The highest BCUT2D eigenvalue weighted by molar-refractivity contribution is 5.36. The van der Waals surface area contributed by atoms with Crippen LogP contribution in [0.5, 0.6) is 0 Å². The molecule has 1 unspecified atom stereocenters. The molecular formula is C9H14N8O. The molecular weight excluding hydrogens is 236 g/mol. The van der Waals surface area contributed by atoms with Gasteiger partial charge in [-0.15, -0.1) is 0 Å². The van der Waals surface area contributed by atoms with E-state index in [0.29, 0.717) is 12.5 Å². The Morgan fingerprint density at radius 3 is 2.83 bits per heavy atom. The minimum Gasteiger partial charge on any atom is -0.392 e. The fourth-order valence-electron chi connectivity index (χ4n) is 1.43. The van der Waals surface area contributed by atoms with Gasteiger partial charge < -0.3 is 15.7 Å². The van der Waals surface area contributed by atoms with Gasteiger partial charge >= 0.3 is 0 Å². The van der Waals surface area contributed by atoms with Crippen molar-refractivity contribution in [1.29, 1.82) is 0 Å². The molecule has 0 aliphatic rings. The normalized spacial score (nSPS) is 12.4. The molecule has 0 radical (unpaired) electrons. The van der Waals surface area contributed by atoms with Crippen molar-refractivity contribution in [3.63, 3.8) is 0 Å². The van der Waals surface area contributed by atoms with Gasteiger partial charge in [0.15, 0.2) is 0 Å². The molecule has 18 heavy (non-hydrogen) atoms. The number of nitrogen functional groups attached to an aromatic ring is 1. The molecule has 9 heteroatoms. The van der Waals surface area contributed by atoms with Crippen molar-refractivity contribution in [3.05, 3.63) is 12.7 Å². The van der Waals surface area contributed by atoms with Crippen molar-refractivity contribution in [3.8, 4) is 5.95 Å². The fraction of sp³-hybridized carbons (Fsp3) is 0.444. The molecule has 0 bridgehead atoms. The predicted octanol–water partition coefficient (Wildman–Crippen LogP) is -1.15. The van der Waals surface area contributed by atoms with Crippen LogP contribution in [-0.2, 0) is 0 Å². The van der Waals surface area contributed by atoms with E-state index in [0.717, 1.165) is 0 Å². The largest absolute Gasteiger partial charge is 0.392 e. The number of likely N-dealkylation sites (N-methyl/N-ethyl adjacent to an activating group) is 1. The SMILES string of the molecule is CC(O)CN(C)c1nc(N)nc(-n2cncn2)n1. The lowest BCUT2D eigenvalue weighted by Gasteiger charge is -2.18. The van der Waals surface area contributed by atoms with E-state index < -0.39 is 6.10 Å². The number of aliphatic hydroxyl groups excluding tert-OH is 1. The Labute approximate surface area is 103 Å². The maximum absolute atomic E-state index is 9.34. The minimum absolute atomic E-state index is 0.0861. The smallest absolute Gasteiger partial charge is 0.258 e. The van der Waals surface area contributed by atoms with Gasteiger partial charge in [-0.25, -0.2) is 4.98 Å². The Morgan fingerprint density at radius 1 is 1.44 bits per heavy atom. The fourth-order valence-corrected chi connectivity index (χ4v) is 1.43. The predicted molar refractivity (Wildman–Crippen MR) is 64.1 cm³/mol. The minimum atomic E-state index is -0.497. The third-order valence-electron chi connectivity index (χ3n) is 2.13. The molecule has 2 rings (SSSR count). The van der Waals surface area contributed by atoms with E-state index in [1.165, 1.54) is 17.3 Å². The summed E-state index contributed by atoms with van der Waals surface area (Å²) in [6.45, 7) is 2.07. The average Bonchev–Trinajstić information content (AvgIpc) is 2.80. The molecule has 2 aromatic rings. The third kappa shape index (κ3) is 2.69. The summed E-state index contributed by atoms with van der Waals surface area (Å²) in [6, 6.07) is 0. The maximum atomic E-state index is 9.34. The number of hydrogen-bond donors (Lipinski definition) is 2. The zero-order valence-electron chi connectivity index (χ0n) is 10.1. The summed E-state index contributed by atoms with van der Waals surface area (Å²) in [5, 5.41) is 13.3. The van der Waals surface area contributed by atoms with E-state index in [4.69, 9.17) is 5.73 Å². The number of nitrogens with two attached hydrogens (primary N) is 1. The van der Waals surface area contributed by atoms with Gasteiger partial charge in [-0.05, 0) is 6.92 Å². The number of aromatic nitrogens is 6. The Hall–Kier alpha value is -2.29. The van der Waals surface area contributed by atoms with Crippen LogP contribution in [0.15, 0.2) is 12.7 Å². The van der Waals surface area contributed by atoms with Gasteiger partial charge in [0.25, 0.3) is 5.95 Å². The van der Waals surface area contributed by atoms with Gasteiger partial charge in [-0.2, -0.15) is 24.7 Å². The van der Waals surface area contributed by atoms with Crippen molar-refractivity contribution < 1.29 is 5.11 Å². The molecule has 0 fully saturated rings.